The topological polar surface area (TPSA) is 4.93 Å². The molecule has 0 saturated heterocycles. The summed E-state index contributed by atoms with van der Waals surface area (Å²) in [7, 11) is 0. The van der Waals surface area contributed by atoms with E-state index in [1.54, 1.807) is 0 Å². The van der Waals surface area contributed by atoms with Gasteiger partial charge in [-0.05, 0) is 196 Å². The maximum Gasteiger partial charge on any atom is 0.0541 e. The Balaban J connectivity index is 1.10. The number of nitrogens with zero attached hydrogens (tertiary/aromatic N) is 1. The molecule has 0 spiro atoms. The van der Waals surface area contributed by atoms with Crippen LogP contribution in [0.1, 0.15) is 44.5 Å². The van der Waals surface area contributed by atoms with Crippen molar-refractivity contribution >= 4 is 43.4 Å². The van der Waals surface area contributed by atoms with Crippen LogP contribution in [0.5, 0.6) is 0 Å². The van der Waals surface area contributed by atoms with E-state index in [0.29, 0.717) is 0 Å². The predicted octanol–water partition coefficient (Wildman–Crippen LogP) is 16.2. The Morgan fingerprint density at radius 1 is 0.271 bits per heavy atom. The Hall–Kier alpha value is -6.70. The van der Waals surface area contributed by atoms with E-state index in [2.05, 4.69) is 212 Å². The van der Waals surface area contributed by atoms with Gasteiger partial charge in [0.15, 0.2) is 0 Å². The summed E-state index contributed by atoms with van der Waals surface area (Å²) in [6.45, 7) is 18.6. The summed E-state index contributed by atoms with van der Waals surface area (Å²) in [5, 5.41) is 8.06. The lowest BCUT2D eigenvalue weighted by Gasteiger charge is -2.27. The lowest BCUT2D eigenvalue weighted by atomic mass is 9.76. The first-order chi connectivity index (χ1) is 28.6. The first-order valence-electron chi connectivity index (χ1n) is 21.0. The Kier molecular flexibility index (Phi) is 8.69. The second-order valence-electron chi connectivity index (χ2n) is 16.7. The molecule has 1 aromatic heterocycles. The van der Waals surface area contributed by atoms with Gasteiger partial charge in [-0.1, -0.05) is 121 Å². The molecule has 0 radical (unpaired) electrons. The average molecular weight is 760 g/mol. The summed E-state index contributed by atoms with van der Waals surface area (Å²) in [6.07, 6.45) is 0. The molecule has 1 nitrogen and oxygen atoms in total. The number of rotatable bonds is 5. The van der Waals surface area contributed by atoms with E-state index in [4.69, 9.17) is 0 Å². The quantitative estimate of drug-likeness (QED) is 0.154. The third-order valence-corrected chi connectivity index (χ3v) is 13.8. The van der Waals surface area contributed by atoms with Crippen LogP contribution in [0, 0.1) is 55.4 Å². The van der Waals surface area contributed by atoms with Gasteiger partial charge in [-0.3, -0.25) is 0 Å². The first kappa shape index (κ1) is 36.6. The summed E-state index contributed by atoms with van der Waals surface area (Å²) >= 11 is 0. The van der Waals surface area contributed by atoms with Gasteiger partial charge in [0.05, 0.1) is 11.0 Å². The fourth-order valence-corrected chi connectivity index (χ4v) is 10.00. The van der Waals surface area contributed by atoms with Gasteiger partial charge in [0.2, 0.25) is 0 Å². The molecule has 0 amide bonds. The van der Waals surface area contributed by atoms with Crippen LogP contribution in [0.3, 0.4) is 0 Å². The van der Waals surface area contributed by atoms with E-state index in [9.17, 15) is 0 Å². The van der Waals surface area contributed by atoms with Crippen molar-refractivity contribution in [1.29, 1.82) is 0 Å². The Bertz CT molecular complexity index is 3210. The van der Waals surface area contributed by atoms with Crippen molar-refractivity contribution in [2.24, 2.45) is 0 Å². The Morgan fingerprint density at radius 2 is 0.627 bits per heavy atom. The van der Waals surface area contributed by atoms with Crippen molar-refractivity contribution in [1.82, 2.24) is 4.57 Å². The number of hydrogen-bond acceptors (Lipinski definition) is 0. The molecule has 0 bridgehead atoms. The van der Waals surface area contributed by atoms with Crippen LogP contribution in [0.25, 0.3) is 93.5 Å². The lowest BCUT2D eigenvalue weighted by Crippen LogP contribution is -2.03. The van der Waals surface area contributed by atoms with E-state index < -0.39 is 0 Å². The number of fused-ring (bicyclic) bond motifs is 5. The summed E-state index contributed by atoms with van der Waals surface area (Å²) in [6, 6.07) is 55.9. The second kappa shape index (κ2) is 14.0. The van der Waals surface area contributed by atoms with Gasteiger partial charge >= 0.3 is 0 Å². The van der Waals surface area contributed by atoms with Crippen molar-refractivity contribution in [3.63, 3.8) is 0 Å². The van der Waals surface area contributed by atoms with Gasteiger partial charge in [-0.2, -0.15) is 0 Å². The minimum Gasteiger partial charge on any atom is -0.309 e. The van der Waals surface area contributed by atoms with E-state index in [1.165, 1.54) is 138 Å². The average Bonchev–Trinajstić information content (AvgIpc) is 3.62. The van der Waals surface area contributed by atoms with Crippen molar-refractivity contribution in [3.05, 3.63) is 196 Å². The zero-order valence-electron chi connectivity index (χ0n) is 35.4. The molecule has 10 aromatic rings. The molecule has 9 aromatic carbocycles. The van der Waals surface area contributed by atoms with Crippen LogP contribution in [0.15, 0.2) is 152 Å². The number of aryl methyl sites for hydroxylation is 4. The van der Waals surface area contributed by atoms with Gasteiger partial charge in [-0.25, -0.2) is 0 Å². The van der Waals surface area contributed by atoms with E-state index >= 15 is 0 Å². The van der Waals surface area contributed by atoms with Crippen LogP contribution in [0.4, 0.5) is 0 Å². The first-order valence-corrected chi connectivity index (χ1v) is 21.0. The summed E-state index contributed by atoms with van der Waals surface area (Å²) in [5.74, 6) is 0. The molecule has 0 aliphatic heterocycles. The molecule has 59 heavy (non-hydrogen) atoms. The molecule has 10 rings (SSSR count). The molecule has 0 unspecified atom stereocenters. The van der Waals surface area contributed by atoms with Gasteiger partial charge in [0, 0.05) is 16.5 Å². The highest BCUT2D eigenvalue weighted by Gasteiger charge is 2.25. The maximum absolute atomic E-state index is 2.37. The molecular weight excluding hydrogens is 711 g/mol. The smallest absolute Gasteiger partial charge is 0.0541 e. The molecule has 1 heteroatoms. The Labute approximate surface area is 348 Å². The van der Waals surface area contributed by atoms with Crippen molar-refractivity contribution in [3.8, 4) is 50.2 Å². The van der Waals surface area contributed by atoms with E-state index in [-0.39, 0.29) is 0 Å². The van der Waals surface area contributed by atoms with Crippen LogP contribution < -0.4 is 0 Å². The second-order valence-corrected chi connectivity index (χ2v) is 16.7. The Morgan fingerprint density at radius 3 is 1.12 bits per heavy atom. The maximum atomic E-state index is 2.37. The van der Waals surface area contributed by atoms with Crippen LogP contribution in [0.2, 0.25) is 0 Å². The van der Waals surface area contributed by atoms with Crippen molar-refractivity contribution < 1.29 is 0 Å². The molecule has 0 saturated carbocycles. The fraction of sp³-hybridized carbons (Fsp3) is 0.138. The SMILES string of the molecule is Cc1c(C)c(C)c2c(-c3ccc(-c4ccc(-c5ccc6c(c5)c5ccccc5n6-c5ccccc5)cc4)cc3)c3c(C)c(C)c(C)c(C)c3c(-c3ccccc3)c2c1C. The standard InChI is InChI=1S/C58H49N/c1-34-36(3)40(7)55-53(38(34)5)57(45-17-11-9-12-18-45)54-39(6)35(2)37(4)41(8)56(54)58(55)46-29-27-43(28-30-46)42-23-25-44(26-24-42)47-31-32-52-50(33-47)49-21-15-16-22-51(49)59(52)48-19-13-10-14-20-48/h9-33H,1-8H3. The minimum absolute atomic E-state index is 1.18. The zero-order chi connectivity index (χ0) is 40.7. The fourth-order valence-electron chi connectivity index (χ4n) is 10.00. The van der Waals surface area contributed by atoms with E-state index in [1.807, 2.05) is 0 Å². The normalized spacial score (nSPS) is 11.7. The minimum atomic E-state index is 1.18. The molecule has 0 aliphatic rings. The third-order valence-electron chi connectivity index (χ3n) is 13.8. The number of aromatic nitrogens is 1. The van der Waals surface area contributed by atoms with E-state index in [0.717, 1.165) is 0 Å². The molecule has 0 aliphatic carbocycles. The molecular formula is C58H49N. The summed E-state index contributed by atoms with van der Waals surface area (Å²) in [5.41, 5.74) is 24.8. The summed E-state index contributed by atoms with van der Waals surface area (Å²) < 4.78 is 2.37. The third kappa shape index (κ3) is 5.59. The van der Waals surface area contributed by atoms with Gasteiger partial charge in [0.1, 0.15) is 0 Å². The molecule has 0 fully saturated rings. The lowest BCUT2D eigenvalue weighted by molar-refractivity contribution is 1.18. The zero-order valence-corrected chi connectivity index (χ0v) is 35.4. The van der Waals surface area contributed by atoms with Crippen LogP contribution in [-0.2, 0) is 0 Å². The van der Waals surface area contributed by atoms with Crippen molar-refractivity contribution in [2.75, 3.05) is 0 Å². The monoisotopic (exact) mass is 759 g/mol. The van der Waals surface area contributed by atoms with Crippen LogP contribution in [-0.4, -0.2) is 4.57 Å². The van der Waals surface area contributed by atoms with Gasteiger partial charge in [0.25, 0.3) is 0 Å². The number of hydrogen-bond donors (Lipinski definition) is 0. The van der Waals surface area contributed by atoms with Gasteiger partial charge < -0.3 is 4.57 Å². The molecule has 1 heterocycles. The predicted molar refractivity (Wildman–Crippen MR) is 255 cm³/mol. The largest absolute Gasteiger partial charge is 0.309 e. The number of para-hydroxylation sites is 2. The summed E-state index contributed by atoms with van der Waals surface area (Å²) in [4.78, 5) is 0. The molecule has 286 valence electrons. The highest BCUT2D eigenvalue weighted by atomic mass is 15.0. The molecule has 0 N–H and O–H groups in total. The van der Waals surface area contributed by atoms with Crippen LogP contribution >= 0.6 is 0 Å². The number of benzene rings is 9. The van der Waals surface area contributed by atoms with Crippen molar-refractivity contribution in [2.45, 2.75) is 55.4 Å². The highest BCUT2D eigenvalue weighted by Crippen LogP contribution is 2.50. The highest BCUT2D eigenvalue weighted by molar-refractivity contribution is 6.25. The van der Waals surface area contributed by atoms with Gasteiger partial charge in [-0.15, -0.1) is 0 Å². The molecule has 0 atom stereocenters.